The molecule has 1 aromatic carbocycles. The average Bonchev–Trinajstić information content (AvgIpc) is 2.40. The van der Waals surface area contributed by atoms with Crippen LogP contribution in [0.4, 0.5) is 5.69 Å². The van der Waals surface area contributed by atoms with Crippen LogP contribution in [0.2, 0.25) is 0 Å². The van der Waals surface area contributed by atoms with E-state index in [1.807, 2.05) is 6.07 Å². The van der Waals surface area contributed by atoms with Crippen molar-refractivity contribution in [3.05, 3.63) is 36.0 Å². The number of hydrogen-bond donors (Lipinski definition) is 1. The minimum atomic E-state index is 0.255. The SMILES string of the molecule is Cc1cc(N(CCCO)C2CCC2)c2ccccc2n1. The molecule has 3 nitrogen and oxygen atoms in total. The molecular weight excluding hydrogens is 248 g/mol. The number of pyridine rings is 1. The Morgan fingerprint density at radius 1 is 1.30 bits per heavy atom. The Kier molecular flexibility index (Phi) is 3.88. The van der Waals surface area contributed by atoms with Crippen molar-refractivity contribution in [2.45, 2.75) is 38.6 Å². The summed E-state index contributed by atoms with van der Waals surface area (Å²) in [7, 11) is 0. The lowest BCUT2D eigenvalue weighted by molar-refractivity contribution is 0.283. The highest BCUT2D eigenvalue weighted by Crippen LogP contribution is 2.34. The first-order chi connectivity index (χ1) is 9.79. The third-order valence-electron chi connectivity index (χ3n) is 4.20. The summed E-state index contributed by atoms with van der Waals surface area (Å²) in [5, 5.41) is 10.4. The molecule has 0 saturated heterocycles. The summed E-state index contributed by atoms with van der Waals surface area (Å²) in [5.41, 5.74) is 3.41. The predicted molar refractivity (Wildman–Crippen MR) is 83.2 cm³/mol. The third kappa shape index (κ3) is 2.50. The molecular formula is C17H22N2O. The third-order valence-corrected chi connectivity index (χ3v) is 4.20. The van der Waals surface area contributed by atoms with Crippen LogP contribution in [0.3, 0.4) is 0 Å². The van der Waals surface area contributed by atoms with Crippen molar-refractivity contribution in [1.82, 2.24) is 4.98 Å². The van der Waals surface area contributed by atoms with Crippen molar-refractivity contribution in [1.29, 1.82) is 0 Å². The van der Waals surface area contributed by atoms with Gasteiger partial charge in [-0.1, -0.05) is 18.2 Å². The molecule has 1 saturated carbocycles. The van der Waals surface area contributed by atoms with Crippen molar-refractivity contribution in [3.63, 3.8) is 0 Å². The molecule has 1 N–H and O–H groups in total. The van der Waals surface area contributed by atoms with E-state index < -0.39 is 0 Å². The molecule has 106 valence electrons. The molecule has 20 heavy (non-hydrogen) atoms. The largest absolute Gasteiger partial charge is 0.396 e. The number of aromatic nitrogens is 1. The van der Waals surface area contributed by atoms with Gasteiger partial charge in [-0.25, -0.2) is 0 Å². The maximum atomic E-state index is 9.16. The maximum absolute atomic E-state index is 9.16. The van der Waals surface area contributed by atoms with Gasteiger partial charge >= 0.3 is 0 Å². The van der Waals surface area contributed by atoms with E-state index in [4.69, 9.17) is 5.11 Å². The summed E-state index contributed by atoms with van der Waals surface area (Å²) < 4.78 is 0. The van der Waals surface area contributed by atoms with E-state index in [0.29, 0.717) is 6.04 Å². The van der Waals surface area contributed by atoms with Crippen LogP contribution in [-0.4, -0.2) is 29.3 Å². The second kappa shape index (κ2) is 5.80. The van der Waals surface area contributed by atoms with E-state index in [1.54, 1.807) is 0 Å². The van der Waals surface area contributed by atoms with Gasteiger partial charge in [0.05, 0.1) is 5.52 Å². The van der Waals surface area contributed by atoms with Gasteiger partial charge in [-0.05, 0) is 44.7 Å². The quantitative estimate of drug-likeness (QED) is 0.905. The second-order valence-corrected chi connectivity index (χ2v) is 5.66. The van der Waals surface area contributed by atoms with Crippen LogP contribution in [-0.2, 0) is 0 Å². The van der Waals surface area contributed by atoms with E-state index in [1.165, 1.54) is 30.3 Å². The van der Waals surface area contributed by atoms with Gasteiger partial charge < -0.3 is 10.0 Å². The van der Waals surface area contributed by atoms with Gasteiger partial charge in [-0.3, -0.25) is 4.98 Å². The van der Waals surface area contributed by atoms with Gasteiger partial charge in [0.2, 0.25) is 0 Å². The molecule has 0 spiro atoms. The Balaban J connectivity index is 2.04. The lowest BCUT2D eigenvalue weighted by Crippen LogP contribution is -2.41. The van der Waals surface area contributed by atoms with E-state index in [0.717, 1.165) is 24.2 Å². The summed E-state index contributed by atoms with van der Waals surface area (Å²) in [6.07, 6.45) is 4.68. The van der Waals surface area contributed by atoms with E-state index in [9.17, 15) is 0 Å². The number of anilines is 1. The first-order valence-corrected chi connectivity index (χ1v) is 7.53. The van der Waals surface area contributed by atoms with Crippen LogP contribution in [0.1, 0.15) is 31.4 Å². The highest BCUT2D eigenvalue weighted by Gasteiger charge is 2.26. The Bertz CT molecular complexity index is 593. The topological polar surface area (TPSA) is 36.4 Å². The van der Waals surface area contributed by atoms with Gasteiger partial charge in [0.1, 0.15) is 0 Å². The summed E-state index contributed by atoms with van der Waals surface area (Å²) in [4.78, 5) is 7.11. The summed E-state index contributed by atoms with van der Waals surface area (Å²) in [5.74, 6) is 0. The second-order valence-electron chi connectivity index (χ2n) is 5.66. The number of nitrogens with zero attached hydrogens (tertiary/aromatic N) is 2. The van der Waals surface area contributed by atoms with Crippen LogP contribution < -0.4 is 4.90 Å². The van der Waals surface area contributed by atoms with Gasteiger partial charge in [0, 0.05) is 36.0 Å². The smallest absolute Gasteiger partial charge is 0.0726 e. The zero-order valence-electron chi connectivity index (χ0n) is 12.0. The lowest BCUT2D eigenvalue weighted by Gasteiger charge is -2.40. The van der Waals surface area contributed by atoms with Crippen molar-refractivity contribution in [2.24, 2.45) is 0 Å². The fraction of sp³-hybridized carbons (Fsp3) is 0.471. The molecule has 1 aliphatic rings. The van der Waals surface area contributed by atoms with Crippen LogP contribution >= 0.6 is 0 Å². The molecule has 3 rings (SSSR count). The number of aliphatic hydroxyl groups is 1. The first kappa shape index (κ1) is 13.4. The van der Waals surface area contributed by atoms with Crippen molar-refractivity contribution in [3.8, 4) is 0 Å². The standard InChI is InChI=1S/C17H22N2O/c1-13-12-17(15-8-2-3-9-16(15)18-13)19(10-5-11-20)14-6-4-7-14/h2-3,8-9,12,14,20H,4-7,10-11H2,1H3. The number of fused-ring (bicyclic) bond motifs is 1. The Morgan fingerprint density at radius 3 is 2.80 bits per heavy atom. The van der Waals surface area contributed by atoms with Gasteiger partial charge in [-0.15, -0.1) is 0 Å². The monoisotopic (exact) mass is 270 g/mol. The molecule has 0 unspecified atom stereocenters. The zero-order valence-corrected chi connectivity index (χ0v) is 12.0. The normalized spacial score (nSPS) is 15.3. The maximum Gasteiger partial charge on any atom is 0.0726 e. The van der Waals surface area contributed by atoms with Crippen molar-refractivity contribution < 1.29 is 5.11 Å². The average molecular weight is 270 g/mol. The van der Waals surface area contributed by atoms with E-state index >= 15 is 0 Å². The van der Waals surface area contributed by atoms with Gasteiger partial charge in [0.25, 0.3) is 0 Å². The molecule has 0 atom stereocenters. The molecule has 0 bridgehead atoms. The Labute approximate surface area is 120 Å². The number of hydrogen-bond acceptors (Lipinski definition) is 3. The summed E-state index contributed by atoms with van der Waals surface area (Å²) >= 11 is 0. The van der Waals surface area contributed by atoms with Gasteiger partial charge in [-0.2, -0.15) is 0 Å². The predicted octanol–water partition coefficient (Wildman–Crippen LogP) is 3.28. The van der Waals surface area contributed by atoms with E-state index in [2.05, 4.69) is 41.1 Å². The minimum Gasteiger partial charge on any atom is -0.396 e. The lowest BCUT2D eigenvalue weighted by atomic mass is 9.90. The molecule has 1 aromatic heterocycles. The molecule has 1 fully saturated rings. The number of rotatable bonds is 5. The minimum absolute atomic E-state index is 0.255. The number of aliphatic hydroxyl groups excluding tert-OH is 1. The number of benzene rings is 1. The van der Waals surface area contributed by atoms with Crippen molar-refractivity contribution in [2.75, 3.05) is 18.1 Å². The fourth-order valence-corrected chi connectivity index (χ4v) is 2.96. The molecule has 1 aliphatic carbocycles. The van der Waals surface area contributed by atoms with Crippen LogP contribution in [0, 0.1) is 6.92 Å². The highest BCUT2D eigenvalue weighted by molar-refractivity contribution is 5.92. The molecule has 0 radical (unpaired) electrons. The van der Waals surface area contributed by atoms with Crippen LogP contribution in [0.5, 0.6) is 0 Å². The number of aryl methyl sites for hydroxylation is 1. The van der Waals surface area contributed by atoms with Crippen LogP contribution in [0.15, 0.2) is 30.3 Å². The van der Waals surface area contributed by atoms with Crippen LogP contribution in [0.25, 0.3) is 10.9 Å². The molecule has 2 aromatic rings. The van der Waals surface area contributed by atoms with E-state index in [-0.39, 0.29) is 6.61 Å². The zero-order chi connectivity index (χ0) is 13.9. The summed E-state index contributed by atoms with van der Waals surface area (Å²) in [6.45, 7) is 3.24. The van der Waals surface area contributed by atoms with Crippen molar-refractivity contribution >= 4 is 16.6 Å². The Hall–Kier alpha value is -1.61. The molecule has 0 amide bonds. The molecule has 3 heteroatoms. The molecule has 0 aliphatic heterocycles. The first-order valence-electron chi connectivity index (χ1n) is 7.53. The summed E-state index contributed by atoms with van der Waals surface area (Å²) in [6, 6.07) is 11.2. The fourth-order valence-electron chi connectivity index (χ4n) is 2.96. The van der Waals surface area contributed by atoms with Gasteiger partial charge in [0.15, 0.2) is 0 Å². The molecule has 1 heterocycles. The number of para-hydroxylation sites is 1. The highest BCUT2D eigenvalue weighted by atomic mass is 16.3. The Morgan fingerprint density at radius 2 is 2.10 bits per heavy atom.